The summed E-state index contributed by atoms with van der Waals surface area (Å²) >= 11 is 6.61. The minimum absolute atomic E-state index is 0.0489. The van der Waals surface area contributed by atoms with Gasteiger partial charge in [0.25, 0.3) is 11.8 Å². The fraction of sp³-hybridized carbons (Fsp3) is 0.341. The van der Waals surface area contributed by atoms with E-state index in [2.05, 4.69) is 0 Å². The van der Waals surface area contributed by atoms with Gasteiger partial charge in [0, 0.05) is 34.3 Å². The molecule has 0 aromatic heterocycles. The van der Waals surface area contributed by atoms with Gasteiger partial charge in [-0.05, 0) is 78.7 Å². The second-order valence-corrected chi connectivity index (χ2v) is 19.5. The van der Waals surface area contributed by atoms with Crippen LogP contribution in [0.15, 0.2) is 91.0 Å². The second-order valence-electron chi connectivity index (χ2n) is 15.1. The fourth-order valence-corrected chi connectivity index (χ4v) is 11.8. The zero-order valence-corrected chi connectivity index (χ0v) is 31.6. The van der Waals surface area contributed by atoms with E-state index < -0.39 is 31.5 Å². The standard InChI is InChI=1S/C41H42ClN3O7Si/c1-25-39(53(2,3)50)36(20-37(47)43-22-28-11-5-4-10-27(28)18-31(43)23-46)52-41(25)32-19-29(42)15-16-33(32)44(40(41)49)21-26-9-8-12-30(17-26)45-34-13-6-7-14-35(34)51-24-38(45)48/h4-17,19,25,31,36,39,46,50H,18,20-24H2,1-3H3/t25-,31-,36+,39-,41+/m0/s1. The number of ether oxygens (including phenoxy) is 2. The van der Waals surface area contributed by atoms with E-state index >= 15 is 4.79 Å². The van der Waals surface area contributed by atoms with E-state index in [1.165, 1.54) is 0 Å². The smallest absolute Gasteiger partial charge is 0.269 e. The number of benzene rings is 4. The highest BCUT2D eigenvalue weighted by molar-refractivity contribution is 6.71. The quantitative estimate of drug-likeness (QED) is 0.220. The highest BCUT2D eigenvalue weighted by Gasteiger charge is 2.66. The van der Waals surface area contributed by atoms with Gasteiger partial charge in [0.2, 0.25) is 5.91 Å². The van der Waals surface area contributed by atoms with Crippen molar-refractivity contribution < 1.29 is 33.8 Å². The summed E-state index contributed by atoms with van der Waals surface area (Å²) in [6, 6.07) is 27.8. The first-order chi connectivity index (χ1) is 25.4. The number of hydrogen-bond donors (Lipinski definition) is 2. The van der Waals surface area contributed by atoms with E-state index in [1.807, 2.05) is 98.9 Å². The molecule has 4 aliphatic heterocycles. The Bertz CT molecular complexity index is 2120. The number of nitrogens with zero attached hydrogens (tertiary/aromatic N) is 3. The molecular formula is C41H42ClN3O7Si. The average molecular weight is 752 g/mol. The van der Waals surface area contributed by atoms with Gasteiger partial charge in [-0.3, -0.25) is 19.3 Å². The molecule has 5 atom stereocenters. The number of hydrogen-bond acceptors (Lipinski definition) is 7. The molecule has 0 unspecified atom stereocenters. The van der Waals surface area contributed by atoms with Gasteiger partial charge in [-0.25, -0.2) is 0 Å². The van der Waals surface area contributed by atoms with Crippen molar-refractivity contribution in [1.29, 1.82) is 0 Å². The first-order valence-electron chi connectivity index (χ1n) is 18.0. The molecule has 0 bridgehead atoms. The molecule has 8 rings (SSSR count). The molecule has 274 valence electrons. The van der Waals surface area contributed by atoms with Crippen LogP contribution >= 0.6 is 11.6 Å². The molecule has 1 saturated heterocycles. The first-order valence-corrected chi connectivity index (χ1v) is 21.4. The van der Waals surface area contributed by atoms with Crippen molar-refractivity contribution in [2.75, 3.05) is 23.0 Å². The SMILES string of the molecule is C[C@H]1[C@H]([Si](C)(C)O)[C@@H](CC(=O)N2Cc3ccccc3C[C@H]2CO)O[C@]12C(=O)N(Cc1cccc(N3C(=O)COc4ccccc43)c1)c1ccc(Cl)cc12. The van der Waals surface area contributed by atoms with Gasteiger partial charge in [-0.15, -0.1) is 0 Å². The molecule has 4 heterocycles. The molecule has 1 spiro atoms. The molecule has 4 aromatic rings. The lowest BCUT2D eigenvalue weighted by Gasteiger charge is -2.37. The van der Waals surface area contributed by atoms with Crippen LogP contribution in [0.4, 0.5) is 17.1 Å². The minimum Gasteiger partial charge on any atom is -0.482 e. The number of carbonyl (C=O) groups is 3. The van der Waals surface area contributed by atoms with E-state index in [-0.39, 0.29) is 49.9 Å². The Labute approximate surface area is 314 Å². The van der Waals surface area contributed by atoms with Crippen LogP contribution in [0.1, 0.15) is 35.6 Å². The molecule has 53 heavy (non-hydrogen) atoms. The van der Waals surface area contributed by atoms with Crippen molar-refractivity contribution in [1.82, 2.24) is 4.90 Å². The summed E-state index contributed by atoms with van der Waals surface area (Å²) in [6.07, 6.45) is -0.264. The molecule has 10 nitrogen and oxygen atoms in total. The Morgan fingerprint density at radius 3 is 2.49 bits per heavy atom. The summed E-state index contributed by atoms with van der Waals surface area (Å²) < 4.78 is 12.6. The van der Waals surface area contributed by atoms with E-state index in [0.29, 0.717) is 46.4 Å². The Kier molecular flexibility index (Phi) is 8.98. The Hall–Kier alpha value is -4.52. The third-order valence-electron chi connectivity index (χ3n) is 11.4. The lowest BCUT2D eigenvalue weighted by molar-refractivity contribution is -0.151. The third kappa shape index (κ3) is 5.95. The fourth-order valence-electron chi connectivity index (χ4n) is 9.10. The van der Waals surface area contributed by atoms with Crippen molar-refractivity contribution >= 4 is 54.7 Å². The normalized spacial score (nSPS) is 25.0. The van der Waals surface area contributed by atoms with Crippen molar-refractivity contribution in [3.8, 4) is 5.75 Å². The van der Waals surface area contributed by atoms with Gasteiger partial charge in [0.05, 0.1) is 43.1 Å². The van der Waals surface area contributed by atoms with Crippen LogP contribution < -0.4 is 14.5 Å². The minimum atomic E-state index is -3.06. The van der Waals surface area contributed by atoms with E-state index in [0.717, 1.165) is 16.7 Å². The Morgan fingerprint density at radius 2 is 1.72 bits per heavy atom. The molecule has 1 fully saturated rings. The molecule has 4 aromatic carbocycles. The van der Waals surface area contributed by atoms with E-state index in [1.54, 1.807) is 26.8 Å². The predicted molar refractivity (Wildman–Crippen MR) is 204 cm³/mol. The van der Waals surface area contributed by atoms with Crippen LogP contribution in [0.3, 0.4) is 0 Å². The Morgan fingerprint density at radius 1 is 0.962 bits per heavy atom. The second kappa shape index (κ2) is 13.4. The number of para-hydroxylation sites is 2. The van der Waals surface area contributed by atoms with Crippen LogP contribution in [0.2, 0.25) is 23.7 Å². The number of fused-ring (bicyclic) bond motifs is 4. The van der Waals surface area contributed by atoms with Gasteiger partial charge in [0.15, 0.2) is 20.5 Å². The predicted octanol–water partition coefficient (Wildman–Crippen LogP) is 6.08. The molecule has 0 aliphatic carbocycles. The zero-order chi connectivity index (χ0) is 37.2. The van der Waals surface area contributed by atoms with Crippen molar-refractivity contribution in [2.24, 2.45) is 5.92 Å². The number of rotatable bonds is 7. The number of amides is 3. The molecule has 0 radical (unpaired) electrons. The molecule has 2 N–H and O–H groups in total. The summed E-state index contributed by atoms with van der Waals surface area (Å²) in [5.74, 6) is -0.570. The summed E-state index contributed by atoms with van der Waals surface area (Å²) in [4.78, 5) is 59.2. The maximum absolute atomic E-state index is 15.0. The number of anilines is 3. The van der Waals surface area contributed by atoms with Crippen LogP contribution in [-0.4, -0.2) is 66.2 Å². The molecular weight excluding hydrogens is 710 g/mol. The first kappa shape index (κ1) is 35.5. The summed E-state index contributed by atoms with van der Waals surface area (Å²) in [6.45, 7) is 5.87. The highest BCUT2D eigenvalue weighted by atomic mass is 35.5. The maximum Gasteiger partial charge on any atom is 0.269 e. The molecule has 3 amide bonds. The van der Waals surface area contributed by atoms with Gasteiger partial charge in [0.1, 0.15) is 5.75 Å². The number of halogens is 1. The van der Waals surface area contributed by atoms with Crippen LogP contribution in [0.25, 0.3) is 0 Å². The van der Waals surface area contributed by atoms with Crippen molar-refractivity contribution in [3.05, 3.63) is 118 Å². The van der Waals surface area contributed by atoms with Crippen LogP contribution in [-0.2, 0) is 44.2 Å². The monoisotopic (exact) mass is 751 g/mol. The van der Waals surface area contributed by atoms with Crippen LogP contribution in [0.5, 0.6) is 5.75 Å². The topological polar surface area (TPSA) is 120 Å². The molecule has 12 heteroatoms. The van der Waals surface area contributed by atoms with Gasteiger partial charge in [-0.2, -0.15) is 0 Å². The lowest BCUT2D eigenvalue weighted by Crippen LogP contribution is -2.48. The number of aliphatic hydroxyl groups is 1. The summed E-state index contributed by atoms with van der Waals surface area (Å²) in [5, 5.41) is 10.7. The lowest BCUT2D eigenvalue weighted by atomic mass is 9.82. The van der Waals surface area contributed by atoms with Gasteiger partial charge >= 0.3 is 0 Å². The molecule has 0 saturated carbocycles. The third-order valence-corrected chi connectivity index (χ3v) is 14.2. The summed E-state index contributed by atoms with van der Waals surface area (Å²) in [7, 11) is -3.06. The maximum atomic E-state index is 15.0. The number of aliphatic hydroxyl groups excluding tert-OH is 1. The Balaban J connectivity index is 1.12. The highest BCUT2D eigenvalue weighted by Crippen LogP contribution is 2.60. The van der Waals surface area contributed by atoms with E-state index in [9.17, 15) is 19.5 Å². The van der Waals surface area contributed by atoms with E-state index in [4.69, 9.17) is 21.1 Å². The van der Waals surface area contributed by atoms with Crippen molar-refractivity contribution in [3.63, 3.8) is 0 Å². The zero-order valence-electron chi connectivity index (χ0n) is 29.9. The van der Waals surface area contributed by atoms with Gasteiger partial charge < -0.3 is 29.2 Å². The van der Waals surface area contributed by atoms with Crippen LogP contribution in [0, 0.1) is 5.92 Å². The molecule has 4 aliphatic rings. The largest absolute Gasteiger partial charge is 0.482 e. The number of carbonyl (C=O) groups excluding carboxylic acids is 3. The van der Waals surface area contributed by atoms with Gasteiger partial charge in [-0.1, -0.05) is 67.1 Å². The average Bonchev–Trinajstić information content (AvgIpc) is 3.56. The summed E-state index contributed by atoms with van der Waals surface area (Å²) in [5.41, 5.74) is 3.51. The van der Waals surface area contributed by atoms with Crippen molar-refractivity contribution in [2.45, 2.75) is 69.2 Å².